The zero-order chi connectivity index (χ0) is 17.2. The van der Waals surface area contributed by atoms with Crippen LogP contribution in [0.4, 0.5) is 0 Å². The van der Waals surface area contributed by atoms with Gasteiger partial charge in [-0.05, 0) is 32.6 Å². The van der Waals surface area contributed by atoms with Crippen LogP contribution in [-0.4, -0.2) is 53.8 Å². The van der Waals surface area contributed by atoms with Gasteiger partial charge in [-0.3, -0.25) is 4.90 Å². The number of ether oxygens (including phenoxy) is 2. The summed E-state index contributed by atoms with van der Waals surface area (Å²) in [5, 5.41) is 0. The minimum absolute atomic E-state index is 0.116. The van der Waals surface area contributed by atoms with Crippen molar-refractivity contribution in [3.05, 3.63) is 30.2 Å². The van der Waals surface area contributed by atoms with Gasteiger partial charge >= 0.3 is 0 Å². The second-order valence-corrected chi connectivity index (χ2v) is 6.37. The van der Waals surface area contributed by atoms with Crippen molar-refractivity contribution in [1.82, 2.24) is 14.9 Å². The van der Waals surface area contributed by atoms with E-state index < -0.39 is 0 Å². The lowest BCUT2D eigenvalue weighted by atomic mass is 10.1. The minimum atomic E-state index is 0.116. The summed E-state index contributed by atoms with van der Waals surface area (Å²) < 4.78 is 11.8. The molecule has 0 aromatic carbocycles. The lowest BCUT2D eigenvalue weighted by Crippen LogP contribution is -2.37. The van der Waals surface area contributed by atoms with Crippen LogP contribution >= 0.6 is 0 Å². The first-order valence-corrected chi connectivity index (χ1v) is 9.13. The van der Waals surface area contributed by atoms with E-state index in [9.17, 15) is 0 Å². The van der Waals surface area contributed by atoms with Gasteiger partial charge in [-0.2, -0.15) is 4.98 Å². The zero-order valence-electron chi connectivity index (χ0n) is 15.2. The fourth-order valence-corrected chi connectivity index (χ4v) is 2.97. The molecule has 2 heterocycles. The summed E-state index contributed by atoms with van der Waals surface area (Å²) in [6.45, 7) is 12.5. The Morgan fingerprint density at radius 3 is 3.04 bits per heavy atom. The first kappa shape index (κ1) is 18.9. The summed E-state index contributed by atoms with van der Waals surface area (Å²) in [6.07, 6.45) is 7.08. The second kappa shape index (κ2) is 10.4. The number of allylic oxidation sites excluding steroid dienone is 1. The lowest BCUT2D eigenvalue weighted by molar-refractivity contribution is 0.109. The van der Waals surface area contributed by atoms with E-state index in [1.165, 1.54) is 0 Å². The molecule has 0 aliphatic carbocycles. The molecule has 0 spiro atoms. The molecule has 24 heavy (non-hydrogen) atoms. The molecule has 1 aliphatic rings. The molecule has 0 unspecified atom stereocenters. The average Bonchev–Trinajstić information content (AvgIpc) is 2.81. The third kappa shape index (κ3) is 6.57. The molecule has 5 heteroatoms. The van der Waals surface area contributed by atoms with Gasteiger partial charge in [0.05, 0.1) is 6.61 Å². The van der Waals surface area contributed by atoms with Gasteiger partial charge in [0.25, 0.3) is 0 Å². The summed E-state index contributed by atoms with van der Waals surface area (Å²) in [4.78, 5) is 11.4. The molecule has 0 N–H and O–H groups in total. The summed E-state index contributed by atoms with van der Waals surface area (Å²) >= 11 is 0. The maximum Gasteiger partial charge on any atom is 0.217 e. The van der Waals surface area contributed by atoms with Gasteiger partial charge in [0.2, 0.25) is 5.88 Å². The summed E-state index contributed by atoms with van der Waals surface area (Å²) in [5.41, 5.74) is 1.06. The molecule has 0 saturated carbocycles. The number of rotatable bonds is 9. The van der Waals surface area contributed by atoms with Crippen LogP contribution in [0.5, 0.6) is 5.88 Å². The maximum atomic E-state index is 6.25. The van der Waals surface area contributed by atoms with Crippen molar-refractivity contribution in [3.63, 3.8) is 0 Å². The molecular weight excluding hydrogens is 302 g/mol. The minimum Gasteiger partial charge on any atom is -0.473 e. The SMILES string of the molecule is C=CCC[C@@H](CN1CCCOCC1)Oc1cc(CCC)nc(C)n1. The molecule has 0 radical (unpaired) electrons. The Morgan fingerprint density at radius 1 is 1.38 bits per heavy atom. The molecule has 1 aliphatic heterocycles. The van der Waals surface area contributed by atoms with Gasteiger partial charge in [-0.1, -0.05) is 19.4 Å². The average molecular weight is 333 g/mol. The van der Waals surface area contributed by atoms with Crippen LogP contribution in [0.3, 0.4) is 0 Å². The topological polar surface area (TPSA) is 47.5 Å². The third-order valence-electron chi connectivity index (χ3n) is 4.13. The molecule has 1 saturated heterocycles. The van der Waals surface area contributed by atoms with Crippen LogP contribution in [0.15, 0.2) is 18.7 Å². The predicted octanol–water partition coefficient (Wildman–Crippen LogP) is 3.17. The highest BCUT2D eigenvalue weighted by molar-refractivity contribution is 5.16. The van der Waals surface area contributed by atoms with Crippen LogP contribution in [0, 0.1) is 6.92 Å². The Balaban J connectivity index is 2.02. The van der Waals surface area contributed by atoms with Crippen LogP contribution < -0.4 is 4.74 Å². The van der Waals surface area contributed by atoms with Gasteiger partial charge in [-0.25, -0.2) is 4.98 Å². The number of hydrogen-bond donors (Lipinski definition) is 0. The van der Waals surface area contributed by atoms with Crippen LogP contribution in [-0.2, 0) is 11.2 Å². The summed E-state index contributed by atoms with van der Waals surface area (Å²) in [6, 6.07) is 1.99. The fraction of sp³-hybridized carbons (Fsp3) is 0.684. The third-order valence-corrected chi connectivity index (χ3v) is 4.13. The van der Waals surface area contributed by atoms with Crippen LogP contribution in [0.1, 0.15) is 44.1 Å². The molecule has 0 bridgehead atoms. The first-order valence-electron chi connectivity index (χ1n) is 9.13. The van der Waals surface area contributed by atoms with E-state index in [1.807, 2.05) is 19.1 Å². The number of aryl methyl sites for hydroxylation is 2. The van der Waals surface area contributed by atoms with Crippen molar-refractivity contribution < 1.29 is 9.47 Å². The molecule has 134 valence electrons. The highest BCUT2D eigenvalue weighted by atomic mass is 16.5. The molecule has 5 nitrogen and oxygen atoms in total. The van der Waals surface area contributed by atoms with Crippen molar-refractivity contribution >= 4 is 0 Å². The van der Waals surface area contributed by atoms with Crippen molar-refractivity contribution in [1.29, 1.82) is 0 Å². The van der Waals surface area contributed by atoms with Crippen LogP contribution in [0.25, 0.3) is 0 Å². The van der Waals surface area contributed by atoms with Gasteiger partial charge in [0.15, 0.2) is 0 Å². The van der Waals surface area contributed by atoms with Crippen molar-refractivity contribution in [2.24, 2.45) is 0 Å². The molecular formula is C19H31N3O2. The number of aromatic nitrogens is 2. The van der Waals surface area contributed by atoms with Crippen molar-refractivity contribution in [3.8, 4) is 5.88 Å². The summed E-state index contributed by atoms with van der Waals surface area (Å²) in [5.74, 6) is 1.48. The molecule has 1 aromatic rings. The first-order chi connectivity index (χ1) is 11.7. The fourth-order valence-electron chi connectivity index (χ4n) is 2.97. The van der Waals surface area contributed by atoms with Crippen molar-refractivity contribution in [2.45, 2.75) is 52.1 Å². The lowest BCUT2D eigenvalue weighted by Gasteiger charge is -2.26. The molecule has 1 fully saturated rings. The maximum absolute atomic E-state index is 6.25. The van der Waals surface area contributed by atoms with Crippen LogP contribution in [0.2, 0.25) is 0 Å². The zero-order valence-corrected chi connectivity index (χ0v) is 15.2. The van der Waals surface area contributed by atoms with Gasteiger partial charge in [-0.15, -0.1) is 6.58 Å². The van der Waals surface area contributed by atoms with E-state index in [-0.39, 0.29) is 6.10 Å². The Bertz CT molecular complexity index is 499. The second-order valence-electron chi connectivity index (χ2n) is 6.37. The van der Waals surface area contributed by atoms with Gasteiger partial charge in [0, 0.05) is 38.0 Å². The van der Waals surface area contributed by atoms with E-state index in [0.717, 1.165) is 76.5 Å². The van der Waals surface area contributed by atoms with E-state index in [2.05, 4.69) is 28.4 Å². The van der Waals surface area contributed by atoms with E-state index in [0.29, 0.717) is 5.88 Å². The molecule has 1 aromatic heterocycles. The smallest absolute Gasteiger partial charge is 0.217 e. The van der Waals surface area contributed by atoms with Crippen molar-refractivity contribution in [2.75, 3.05) is 32.8 Å². The molecule has 2 rings (SSSR count). The predicted molar refractivity (Wildman–Crippen MR) is 96.5 cm³/mol. The number of nitrogens with zero attached hydrogens (tertiary/aromatic N) is 3. The largest absolute Gasteiger partial charge is 0.473 e. The summed E-state index contributed by atoms with van der Waals surface area (Å²) in [7, 11) is 0. The Kier molecular flexibility index (Phi) is 8.19. The van der Waals surface area contributed by atoms with E-state index in [4.69, 9.17) is 9.47 Å². The van der Waals surface area contributed by atoms with E-state index >= 15 is 0 Å². The number of hydrogen-bond acceptors (Lipinski definition) is 5. The Hall–Kier alpha value is -1.46. The normalized spacial score (nSPS) is 17.2. The highest BCUT2D eigenvalue weighted by Gasteiger charge is 2.18. The molecule has 0 amide bonds. The van der Waals surface area contributed by atoms with Gasteiger partial charge < -0.3 is 9.47 Å². The highest BCUT2D eigenvalue weighted by Crippen LogP contribution is 2.16. The monoisotopic (exact) mass is 333 g/mol. The quantitative estimate of drug-likeness (QED) is 0.650. The molecule has 1 atom stereocenters. The Labute approximate surface area is 146 Å². The Morgan fingerprint density at radius 2 is 2.25 bits per heavy atom. The standard InChI is InChI=1S/C19H31N3O2/c1-4-6-9-18(15-22-10-7-12-23-13-11-22)24-19-14-17(8-5-2)20-16(3)21-19/h4,14,18H,1,5-13,15H2,2-3H3/t18-/m0/s1. The van der Waals surface area contributed by atoms with E-state index in [1.54, 1.807) is 0 Å². The van der Waals surface area contributed by atoms with Gasteiger partial charge in [0.1, 0.15) is 11.9 Å².